The summed E-state index contributed by atoms with van der Waals surface area (Å²) >= 11 is 2.29. The number of carbonyl (C=O) groups excluding carboxylic acids is 3. The molecule has 11 heteroatoms. The number of aromatic amines is 1. The first-order chi connectivity index (χ1) is 19.0. The summed E-state index contributed by atoms with van der Waals surface area (Å²) in [7, 11) is 1.51. The minimum absolute atomic E-state index is 0.0641. The molecule has 3 atom stereocenters. The Morgan fingerprint density at radius 2 is 1.77 bits per heavy atom. The topological polar surface area (TPSA) is 109 Å². The van der Waals surface area contributed by atoms with E-state index in [-0.39, 0.29) is 29.2 Å². The zero-order valence-electron chi connectivity index (χ0n) is 21.3. The van der Waals surface area contributed by atoms with Gasteiger partial charge in [-0.2, -0.15) is 0 Å². The number of fused-ring (bicyclic) bond motifs is 2. The van der Waals surface area contributed by atoms with Gasteiger partial charge in [0.25, 0.3) is 5.91 Å². The summed E-state index contributed by atoms with van der Waals surface area (Å²) < 4.78 is 11.5. The van der Waals surface area contributed by atoms with Crippen LogP contribution in [-0.2, 0) is 14.4 Å². The zero-order chi connectivity index (χ0) is 27.1. The van der Waals surface area contributed by atoms with Gasteiger partial charge in [-0.15, -0.1) is 0 Å². The van der Waals surface area contributed by atoms with Gasteiger partial charge in [0, 0.05) is 23.9 Å². The van der Waals surface area contributed by atoms with E-state index in [9.17, 15) is 19.2 Å². The molecule has 39 heavy (non-hydrogen) atoms. The van der Waals surface area contributed by atoms with E-state index in [4.69, 9.17) is 9.47 Å². The average Bonchev–Trinajstić information content (AvgIpc) is 3.46. The summed E-state index contributed by atoms with van der Waals surface area (Å²) in [6.07, 6.45) is 3.14. The molecule has 1 aromatic heterocycles. The molecular formula is C28H27N3O6S2. The van der Waals surface area contributed by atoms with E-state index < -0.39 is 17.1 Å². The number of rotatable bonds is 6. The molecule has 2 saturated heterocycles. The maximum Gasteiger partial charge on any atom is 0.305 e. The van der Waals surface area contributed by atoms with Crippen LogP contribution in [-0.4, -0.2) is 59.7 Å². The van der Waals surface area contributed by atoms with Crippen LogP contribution in [0.15, 0.2) is 58.4 Å². The molecule has 3 amide bonds. The number of nitrogens with zero attached hydrogens (tertiary/aromatic N) is 2. The lowest BCUT2D eigenvalue weighted by Gasteiger charge is -2.30. The number of hydrogen-bond acceptors (Lipinski definition) is 8. The van der Waals surface area contributed by atoms with Gasteiger partial charge >= 0.3 is 4.87 Å². The molecule has 6 rings (SSSR count). The number of ether oxygens (including phenoxy) is 2. The van der Waals surface area contributed by atoms with E-state index in [1.54, 1.807) is 36.4 Å². The van der Waals surface area contributed by atoms with Crippen molar-refractivity contribution < 1.29 is 23.9 Å². The maximum absolute atomic E-state index is 13.8. The Kier molecular flexibility index (Phi) is 6.94. The van der Waals surface area contributed by atoms with E-state index in [1.165, 1.54) is 23.8 Å². The van der Waals surface area contributed by atoms with E-state index in [1.807, 2.05) is 17.0 Å². The Morgan fingerprint density at radius 3 is 2.51 bits per heavy atom. The summed E-state index contributed by atoms with van der Waals surface area (Å²) in [6.45, 7) is 1.40. The quantitative estimate of drug-likeness (QED) is 0.455. The summed E-state index contributed by atoms with van der Waals surface area (Å²) in [5.41, 5.74) is 1.25. The second-order valence-corrected chi connectivity index (χ2v) is 11.9. The van der Waals surface area contributed by atoms with Crippen LogP contribution < -0.4 is 19.2 Å². The van der Waals surface area contributed by atoms with Crippen molar-refractivity contribution in [3.05, 3.63) is 68.6 Å². The smallest absolute Gasteiger partial charge is 0.305 e. The lowest BCUT2D eigenvalue weighted by atomic mass is 9.83. The number of hydrogen-bond donors (Lipinski definition) is 1. The fourth-order valence-corrected chi connectivity index (χ4v) is 8.09. The Balaban J connectivity index is 1.32. The molecule has 0 radical (unpaired) electrons. The standard InChI is InChI=1S/C28H27N3O6S2/c1-36-19-14-16(10-11-18(19)37-15-20(32)30-12-6-3-7-13-30)21-22-24(38-25-23(21)39-28(35)29-25)27(34)31(26(22)33)17-8-4-2-5-9-17/h2,4-5,8-11,14,21-22,24H,3,6-7,12-13,15H2,1H3,(H,29,35). The molecule has 3 aromatic rings. The van der Waals surface area contributed by atoms with Crippen molar-refractivity contribution in [1.82, 2.24) is 9.88 Å². The first kappa shape index (κ1) is 25.7. The van der Waals surface area contributed by atoms with Crippen molar-refractivity contribution in [3.63, 3.8) is 0 Å². The van der Waals surface area contributed by atoms with Crippen LogP contribution in [0.4, 0.5) is 5.69 Å². The zero-order valence-corrected chi connectivity index (χ0v) is 22.9. The third-order valence-corrected chi connectivity index (χ3v) is 9.85. The first-order valence-electron chi connectivity index (χ1n) is 12.9. The van der Waals surface area contributed by atoms with E-state index in [2.05, 4.69) is 4.98 Å². The van der Waals surface area contributed by atoms with Gasteiger partial charge in [0.2, 0.25) is 11.8 Å². The number of thioether (sulfide) groups is 1. The van der Waals surface area contributed by atoms with Crippen molar-refractivity contribution in [1.29, 1.82) is 0 Å². The Labute approximate surface area is 233 Å². The molecule has 4 heterocycles. The SMILES string of the molecule is COc1cc(C2c3sc(=O)[nH]c3SC3C(=O)N(c4ccccc4)C(=O)C32)ccc1OCC(=O)N1CCCCC1. The van der Waals surface area contributed by atoms with E-state index >= 15 is 0 Å². The van der Waals surface area contributed by atoms with Crippen molar-refractivity contribution in [2.45, 2.75) is 35.5 Å². The van der Waals surface area contributed by atoms with Crippen LogP contribution >= 0.6 is 23.1 Å². The van der Waals surface area contributed by atoms with Crippen molar-refractivity contribution >= 4 is 46.5 Å². The number of aromatic nitrogens is 1. The Bertz CT molecular complexity index is 1480. The molecule has 3 aliphatic heterocycles. The molecular weight excluding hydrogens is 538 g/mol. The fourth-order valence-electron chi connectivity index (χ4n) is 5.58. The van der Waals surface area contributed by atoms with Gasteiger partial charge in [0.1, 0.15) is 5.25 Å². The highest BCUT2D eigenvalue weighted by Gasteiger charge is 2.56. The number of para-hydroxylation sites is 1. The lowest BCUT2D eigenvalue weighted by Crippen LogP contribution is -2.38. The second kappa shape index (κ2) is 10.5. The summed E-state index contributed by atoms with van der Waals surface area (Å²) in [4.78, 5) is 58.7. The maximum atomic E-state index is 13.8. The second-order valence-electron chi connectivity index (χ2n) is 9.74. The number of benzene rings is 2. The van der Waals surface area contributed by atoms with Gasteiger partial charge in [-0.1, -0.05) is 47.4 Å². The molecule has 0 bridgehead atoms. The minimum atomic E-state index is -0.696. The van der Waals surface area contributed by atoms with Crippen molar-refractivity contribution in [3.8, 4) is 11.5 Å². The number of nitrogens with one attached hydrogen (secondary N) is 1. The van der Waals surface area contributed by atoms with Gasteiger partial charge in [-0.05, 0) is 49.1 Å². The number of methoxy groups -OCH3 is 1. The summed E-state index contributed by atoms with van der Waals surface area (Å²) in [6, 6.07) is 14.2. The van der Waals surface area contributed by atoms with Gasteiger partial charge in [0.05, 0.1) is 23.7 Å². The third kappa shape index (κ3) is 4.63. The first-order valence-corrected chi connectivity index (χ1v) is 14.6. The van der Waals surface area contributed by atoms with Gasteiger partial charge in [-0.25, -0.2) is 4.90 Å². The van der Waals surface area contributed by atoms with Gasteiger partial charge in [0.15, 0.2) is 18.1 Å². The minimum Gasteiger partial charge on any atom is -0.493 e. The predicted molar refractivity (Wildman–Crippen MR) is 148 cm³/mol. The van der Waals surface area contributed by atoms with Gasteiger partial charge in [-0.3, -0.25) is 19.2 Å². The van der Waals surface area contributed by atoms with Gasteiger partial charge < -0.3 is 19.4 Å². The highest BCUT2D eigenvalue weighted by atomic mass is 32.2. The molecule has 3 aliphatic rings. The molecule has 0 spiro atoms. The average molecular weight is 566 g/mol. The predicted octanol–water partition coefficient (Wildman–Crippen LogP) is 3.63. The third-order valence-electron chi connectivity index (χ3n) is 7.45. The number of likely N-dealkylation sites (tertiary alicyclic amines) is 1. The van der Waals surface area contributed by atoms with Crippen LogP contribution in [0.2, 0.25) is 0 Å². The van der Waals surface area contributed by atoms with Crippen LogP contribution in [0.25, 0.3) is 0 Å². The molecule has 1 N–H and O–H groups in total. The van der Waals surface area contributed by atoms with E-state index in [0.29, 0.717) is 22.2 Å². The van der Waals surface area contributed by atoms with Crippen LogP contribution in [0.1, 0.15) is 35.6 Å². The Hall–Kier alpha value is -3.57. The Morgan fingerprint density at radius 1 is 1.00 bits per heavy atom. The fraction of sp³-hybridized carbons (Fsp3) is 0.357. The summed E-state index contributed by atoms with van der Waals surface area (Å²) in [5, 5.41) is -0.0664. The lowest BCUT2D eigenvalue weighted by molar-refractivity contribution is -0.134. The number of carbonyl (C=O) groups is 3. The molecule has 9 nitrogen and oxygen atoms in total. The molecule has 202 valence electrons. The van der Waals surface area contributed by atoms with Crippen molar-refractivity contribution in [2.24, 2.45) is 5.92 Å². The highest BCUT2D eigenvalue weighted by molar-refractivity contribution is 8.00. The molecule has 0 saturated carbocycles. The summed E-state index contributed by atoms with van der Waals surface area (Å²) in [5.74, 6) is -1.06. The number of imide groups is 1. The van der Waals surface area contributed by atoms with Crippen LogP contribution in [0, 0.1) is 5.92 Å². The van der Waals surface area contributed by atoms with Crippen LogP contribution in [0.3, 0.4) is 0 Å². The number of amides is 3. The molecule has 2 fully saturated rings. The molecule has 0 aliphatic carbocycles. The number of H-pyrrole nitrogens is 1. The molecule has 3 unspecified atom stereocenters. The number of piperidine rings is 1. The normalized spacial score (nSPS) is 22.4. The molecule has 2 aromatic carbocycles. The number of thiazole rings is 1. The van der Waals surface area contributed by atoms with Crippen molar-refractivity contribution in [2.75, 3.05) is 31.7 Å². The highest BCUT2D eigenvalue weighted by Crippen LogP contribution is 2.53. The largest absolute Gasteiger partial charge is 0.493 e. The van der Waals surface area contributed by atoms with E-state index in [0.717, 1.165) is 54.1 Å². The number of anilines is 1. The van der Waals surface area contributed by atoms with Crippen LogP contribution in [0.5, 0.6) is 11.5 Å². The monoisotopic (exact) mass is 565 g/mol.